The highest BCUT2D eigenvalue weighted by Gasteiger charge is 2.38. The molecule has 2 aliphatic rings. The van der Waals surface area contributed by atoms with E-state index in [-0.39, 0.29) is 24.5 Å². The molecule has 9 heteroatoms. The molecule has 2 fully saturated rings. The first kappa shape index (κ1) is 19.0. The summed E-state index contributed by atoms with van der Waals surface area (Å²) in [5.41, 5.74) is 0. The predicted octanol–water partition coefficient (Wildman–Crippen LogP) is -0.458. The Balaban J connectivity index is 1.92. The zero-order valence-electron chi connectivity index (χ0n) is 14.1. The number of carboxylic acid groups (broad SMARTS) is 1. The first-order chi connectivity index (χ1) is 11.4. The Bertz CT molecular complexity index is 490. The predicted molar refractivity (Wildman–Crippen MR) is 89.7 cm³/mol. The van der Waals surface area contributed by atoms with E-state index in [4.69, 9.17) is 9.84 Å². The molecule has 0 bridgehead atoms. The number of carboxylic acids is 1. The first-order valence-electron chi connectivity index (χ1n) is 8.10. The molecule has 0 aromatic rings. The number of aliphatic carboxylic acids is 1. The van der Waals surface area contributed by atoms with Gasteiger partial charge in [0.15, 0.2) is 0 Å². The maximum absolute atomic E-state index is 12.8. The number of morpholine rings is 1. The fraction of sp³-hybridized carbons (Fsp3) is 0.800. The van der Waals surface area contributed by atoms with Crippen LogP contribution in [-0.2, 0) is 19.1 Å². The molecule has 2 atom stereocenters. The van der Waals surface area contributed by atoms with Crippen molar-refractivity contribution in [2.45, 2.75) is 25.5 Å². The highest BCUT2D eigenvalue weighted by atomic mass is 32.2. The summed E-state index contributed by atoms with van der Waals surface area (Å²) in [6.07, 6.45) is 0.187. The van der Waals surface area contributed by atoms with Crippen LogP contribution < -0.4 is 0 Å². The quantitative estimate of drug-likeness (QED) is 0.686. The lowest BCUT2D eigenvalue weighted by Crippen LogP contribution is -2.55. The van der Waals surface area contributed by atoms with Gasteiger partial charge in [-0.25, -0.2) is 0 Å². The number of hydrogen-bond acceptors (Lipinski definition) is 6. The molecule has 2 saturated heterocycles. The van der Waals surface area contributed by atoms with Gasteiger partial charge in [-0.15, -0.1) is 11.8 Å². The molecule has 0 saturated carbocycles. The third-order valence-corrected chi connectivity index (χ3v) is 5.17. The number of amides is 2. The van der Waals surface area contributed by atoms with Crippen LogP contribution in [0.15, 0.2) is 0 Å². The number of rotatable bonds is 6. The van der Waals surface area contributed by atoms with E-state index < -0.39 is 12.0 Å². The fourth-order valence-corrected chi connectivity index (χ4v) is 4.15. The fourth-order valence-electron chi connectivity index (χ4n) is 2.98. The van der Waals surface area contributed by atoms with Gasteiger partial charge < -0.3 is 19.6 Å². The molecule has 2 rings (SSSR count). The topological polar surface area (TPSA) is 90.4 Å². The molecule has 2 heterocycles. The van der Waals surface area contributed by atoms with Crippen molar-refractivity contribution in [2.75, 3.05) is 51.5 Å². The summed E-state index contributed by atoms with van der Waals surface area (Å²) < 4.78 is 5.65. The van der Waals surface area contributed by atoms with Crippen LogP contribution in [0.1, 0.15) is 13.3 Å². The Hall–Kier alpha value is -1.32. The Morgan fingerprint density at radius 3 is 2.79 bits per heavy atom. The smallest absolute Gasteiger partial charge is 0.317 e. The summed E-state index contributed by atoms with van der Waals surface area (Å²) in [4.78, 5) is 40.6. The van der Waals surface area contributed by atoms with Crippen LogP contribution >= 0.6 is 11.8 Å². The van der Waals surface area contributed by atoms with Gasteiger partial charge in [0.1, 0.15) is 6.04 Å². The molecule has 8 nitrogen and oxygen atoms in total. The largest absolute Gasteiger partial charge is 0.480 e. The molecule has 0 radical (unpaired) electrons. The minimum absolute atomic E-state index is 0.00403. The SMILES string of the molecule is CCC(=O)N1CSCC1C(=O)N1CCOC(CN(C)CC(=O)O)C1. The van der Waals surface area contributed by atoms with Crippen molar-refractivity contribution in [1.82, 2.24) is 14.7 Å². The Morgan fingerprint density at radius 2 is 2.12 bits per heavy atom. The molecule has 136 valence electrons. The highest BCUT2D eigenvalue weighted by molar-refractivity contribution is 7.99. The molecule has 0 aromatic carbocycles. The van der Waals surface area contributed by atoms with Crippen molar-refractivity contribution < 1.29 is 24.2 Å². The molecular formula is C15H25N3O5S. The maximum Gasteiger partial charge on any atom is 0.317 e. The number of ether oxygens (including phenoxy) is 1. The molecule has 2 aliphatic heterocycles. The van der Waals surface area contributed by atoms with Crippen LogP contribution in [-0.4, -0.2) is 101 Å². The Morgan fingerprint density at radius 1 is 1.38 bits per heavy atom. The average molecular weight is 359 g/mol. The summed E-state index contributed by atoms with van der Waals surface area (Å²) in [6, 6.07) is -0.391. The van der Waals surface area contributed by atoms with E-state index in [1.165, 1.54) is 0 Å². The van der Waals surface area contributed by atoms with Crippen LogP contribution in [0.25, 0.3) is 0 Å². The van der Waals surface area contributed by atoms with Gasteiger partial charge in [-0.2, -0.15) is 0 Å². The number of carbonyl (C=O) groups is 3. The third-order valence-electron chi connectivity index (χ3n) is 4.16. The van der Waals surface area contributed by atoms with Crippen molar-refractivity contribution in [3.63, 3.8) is 0 Å². The van der Waals surface area contributed by atoms with E-state index in [0.29, 0.717) is 44.3 Å². The number of likely N-dealkylation sites (N-methyl/N-ethyl adjacent to an activating group) is 1. The van der Waals surface area contributed by atoms with E-state index in [0.717, 1.165) is 0 Å². The van der Waals surface area contributed by atoms with Crippen molar-refractivity contribution in [1.29, 1.82) is 0 Å². The maximum atomic E-state index is 12.8. The lowest BCUT2D eigenvalue weighted by molar-refractivity contribution is -0.149. The van der Waals surface area contributed by atoms with Gasteiger partial charge in [-0.05, 0) is 7.05 Å². The van der Waals surface area contributed by atoms with Gasteiger partial charge in [0.2, 0.25) is 11.8 Å². The molecule has 0 aliphatic carbocycles. The first-order valence-corrected chi connectivity index (χ1v) is 9.25. The van der Waals surface area contributed by atoms with Crippen molar-refractivity contribution in [3.05, 3.63) is 0 Å². The number of hydrogen-bond donors (Lipinski definition) is 1. The average Bonchev–Trinajstić information content (AvgIpc) is 3.02. The molecule has 1 N–H and O–H groups in total. The second-order valence-corrected chi connectivity index (χ2v) is 7.10. The van der Waals surface area contributed by atoms with Crippen LogP contribution in [0.5, 0.6) is 0 Å². The monoisotopic (exact) mass is 359 g/mol. The minimum Gasteiger partial charge on any atom is -0.480 e. The van der Waals surface area contributed by atoms with Gasteiger partial charge in [0.05, 0.1) is 25.1 Å². The van der Waals surface area contributed by atoms with Crippen LogP contribution in [0.4, 0.5) is 0 Å². The van der Waals surface area contributed by atoms with E-state index in [9.17, 15) is 14.4 Å². The van der Waals surface area contributed by atoms with E-state index >= 15 is 0 Å². The molecular weight excluding hydrogens is 334 g/mol. The molecule has 2 unspecified atom stereocenters. The van der Waals surface area contributed by atoms with E-state index in [1.54, 1.807) is 40.4 Å². The van der Waals surface area contributed by atoms with Gasteiger partial charge in [-0.1, -0.05) is 6.92 Å². The molecule has 24 heavy (non-hydrogen) atoms. The summed E-state index contributed by atoms with van der Waals surface area (Å²) in [7, 11) is 1.72. The van der Waals surface area contributed by atoms with E-state index in [2.05, 4.69) is 0 Å². The van der Waals surface area contributed by atoms with E-state index in [1.807, 2.05) is 0 Å². The Labute approximate surface area is 146 Å². The third kappa shape index (κ3) is 4.84. The van der Waals surface area contributed by atoms with Crippen molar-refractivity contribution in [3.8, 4) is 0 Å². The molecule has 0 spiro atoms. The zero-order chi connectivity index (χ0) is 17.7. The van der Waals surface area contributed by atoms with Crippen LogP contribution in [0, 0.1) is 0 Å². The normalized spacial score (nSPS) is 24.5. The van der Waals surface area contributed by atoms with Gasteiger partial charge in [0, 0.05) is 31.8 Å². The number of nitrogens with zero attached hydrogens (tertiary/aromatic N) is 3. The van der Waals surface area contributed by atoms with Gasteiger partial charge in [-0.3, -0.25) is 19.3 Å². The second kappa shape index (κ2) is 8.68. The minimum atomic E-state index is -0.891. The number of thioether (sulfide) groups is 1. The van der Waals surface area contributed by atoms with Crippen molar-refractivity contribution >= 4 is 29.5 Å². The number of carbonyl (C=O) groups excluding carboxylic acids is 2. The van der Waals surface area contributed by atoms with Crippen molar-refractivity contribution in [2.24, 2.45) is 0 Å². The van der Waals surface area contributed by atoms with Crippen LogP contribution in [0.3, 0.4) is 0 Å². The second-order valence-electron chi connectivity index (χ2n) is 6.10. The zero-order valence-corrected chi connectivity index (χ0v) is 15.0. The Kier molecular flexibility index (Phi) is 6.88. The lowest BCUT2D eigenvalue weighted by atomic mass is 10.2. The summed E-state index contributed by atoms with van der Waals surface area (Å²) in [6.45, 7) is 3.55. The van der Waals surface area contributed by atoms with Crippen LogP contribution in [0.2, 0.25) is 0 Å². The van der Waals surface area contributed by atoms with Gasteiger partial charge in [0.25, 0.3) is 0 Å². The lowest BCUT2D eigenvalue weighted by Gasteiger charge is -2.37. The molecule has 2 amide bonds. The standard InChI is InChI=1S/C15H25N3O5S/c1-3-13(19)18-10-24-9-12(18)15(22)17-4-5-23-11(7-17)6-16(2)8-14(20)21/h11-12H,3-10H2,1-2H3,(H,20,21). The molecule has 0 aromatic heterocycles. The summed E-state index contributed by atoms with van der Waals surface area (Å²) in [5, 5.41) is 8.81. The summed E-state index contributed by atoms with van der Waals surface area (Å²) in [5.74, 6) is 0.280. The van der Waals surface area contributed by atoms with Gasteiger partial charge >= 0.3 is 5.97 Å². The highest BCUT2D eigenvalue weighted by Crippen LogP contribution is 2.24. The summed E-state index contributed by atoms with van der Waals surface area (Å²) >= 11 is 1.60.